The van der Waals surface area contributed by atoms with Crippen LogP contribution < -0.4 is 15.8 Å². The van der Waals surface area contributed by atoms with E-state index < -0.39 is 27.2 Å². The molecular formula is C25H26BrF2N5O4S. The Morgan fingerprint density at radius 2 is 2.00 bits per heavy atom. The number of nitrogens with zero attached hydrogens (tertiary/aromatic N) is 2. The van der Waals surface area contributed by atoms with Gasteiger partial charge in [0.25, 0.3) is 10.0 Å². The molecule has 1 aliphatic carbocycles. The minimum atomic E-state index is -4.97. The van der Waals surface area contributed by atoms with E-state index in [1.165, 1.54) is 12.1 Å². The predicted octanol–water partition coefficient (Wildman–Crippen LogP) is 4.24. The van der Waals surface area contributed by atoms with Crippen molar-refractivity contribution in [3.05, 3.63) is 52.5 Å². The Labute approximate surface area is 226 Å². The van der Waals surface area contributed by atoms with Gasteiger partial charge in [-0.05, 0) is 64.5 Å². The van der Waals surface area contributed by atoms with Crippen LogP contribution in [0.3, 0.4) is 0 Å². The summed E-state index contributed by atoms with van der Waals surface area (Å²) in [6, 6.07) is 11.0. The number of sulfonamides is 1. The second-order valence-corrected chi connectivity index (χ2v) is 12.3. The van der Waals surface area contributed by atoms with Crippen molar-refractivity contribution in [3.8, 4) is 11.3 Å². The van der Waals surface area contributed by atoms with Gasteiger partial charge in [0, 0.05) is 31.5 Å². The highest BCUT2D eigenvalue weighted by Crippen LogP contribution is 2.42. The summed E-state index contributed by atoms with van der Waals surface area (Å²) < 4.78 is 60.0. The fraction of sp³-hybridized carbons (Fsp3) is 0.360. The van der Waals surface area contributed by atoms with Crippen LogP contribution in [0.2, 0.25) is 0 Å². The van der Waals surface area contributed by atoms with E-state index in [0.717, 1.165) is 18.4 Å². The van der Waals surface area contributed by atoms with Crippen LogP contribution in [-0.2, 0) is 21.4 Å². The van der Waals surface area contributed by atoms with Crippen LogP contribution in [0, 0.1) is 5.92 Å². The van der Waals surface area contributed by atoms with Crippen LogP contribution in [0.1, 0.15) is 25.3 Å². The number of nitrogens with two attached hydrogens (primary N) is 1. The summed E-state index contributed by atoms with van der Waals surface area (Å²) in [4.78, 5) is 18.6. The van der Waals surface area contributed by atoms with Crippen LogP contribution in [-0.4, -0.2) is 49.6 Å². The summed E-state index contributed by atoms with van der Waals surface area (Å²) in [5, 5.41) is 0.0595. The third-order valence-electron chi connectivity index (χ3n) is 6.81. The van der Waals surface area contributed by atoms with Gasteiger partial charge in [-0.2, -0.15) is 8.78 Å². The molecule has 5 rings (SSSR count). The topological polar surface area (TPSA) is 130 Å². The van der Waals surface area contributed by atoms with Gasteiger partial charge in [-0.15, -0.1) is 0 Å². The molecule has 9 nitrogen and oxygen atoms in total. The molecule has 1 saturated carbocycles. The van der Waals surface area contributed by atoms with Crippen molar-refractivity contribution in [3.63, 3.8) is 0 Å². The lowest BCUT2D eigenvalue weighted by atomic mass is 10.0. The Kier molecular flexibility index (Phi) is 6.62. The van der Waals surface area contributed by atoms with Gasteiger partial charge in [0.15, 0.2) is 11.7 Å². The Morgan fingerprint density at radius 1 is 1.29 bits per heavy atom. The van der Waals surface area contributed by atoms with Gasteiger partial charge in [-0.1, -0.05) is 18.2 Å². The number of carbonyl (C=O) groups is 1. The normalized spacial score (nSPS) is 21.2. The molecule has 2 aromatic carbocycles. The van der Waals surface area contributed by atoms with E-state index in [2.05, 4.69) is 26.2 Å². The fourth-order valence-corrected chi connectivity index (χ4v) is 6.00. The summed E-state index contributed by atoms with van der Waals surface area (Å²) in [7, 11) is -3.31. The van der Waals surface area contributed by atoms with E-state index in [9.17, 15) is 22.0 Å². The molecular weight excluding hydrogens is 584 g/mol. The number of furan rings is 1. The van der Waals surface area contributed by atoms with Gasteiger partial charge in [-0.25, -0.2) is 8.42 Å². The second-order valence-electron chi connectivity index (χ2n) is 9.56. The predicted molar refractivity (Wildman–Crippen MR) is 144 cm³/mol. The van der Waals surface area contributed by atoms with E-state index in [0.29, 0.717) is 40.8 Å². The van der Waals surface area contributed by atoms with Crippen molar-refractivity contribution in [2.45, 2.75) is 43.6 Å². The minimum absolute atomic E-state index is 0.0450. The third kappa shape index (κ3) is 4.73. The molecule has 2 unspecified atom stereocenters. The number of alkyl halides is 2. The molecule has 1 aromatic heterocycles. The molecule has 2 atom stereocenters. The highest BCUT2D eigenvalue weighted by atomic mass is 79.9. The first-order valence-corrected chi connectivity index (χ1v) is 14.2. The molecule has 0 bridgehead atoms. The number of amides is 1. The summed E-state index contributed by atoms with van der Waals surface area (Å²) >= 11 is 3.54. The van der Waals surface area contributed by atoms with Crippen molar-refractivity contribution in [1.82, 2.24) is 10.2 Å². The first kappa shape index (κ1) is 26.4. The minimum Gasteiger partial charge on any atom is -0.455 e. The van der Waals surface area contributed by atoms with E-state index >= 15 is 0 Å². The zero-order chi connectivity index (χ0) is 27.4. The lowest BCUT2D eigenvalue weighted by Gasteiger charge is -2.25. The van der Waals surface area contributed by atoms with Gasteiger partial charge in [0.2, 0.25) is 5.91 Å². The van der Waals surface area contributed by atoms with Gasteiger partial charge in [-0.3, -0.25) is 14.5 Å². The van der Waals surface area contributed by atoms with Crippen LogP contribution >= 0.6 is 15.9 Å². The lowest BCUT2D eigenvalue weighted by Crippen LogP contribution is -2.47. The summed E-state index contributed by atoms with van der Waals surface area (Å²) in [5.41, 5.74) is 7.39. The number of anilines is 1. The Bertz CT molecular complexity index is 1550. The Hall–Kier alpha value is -3.19. The largest absolute Gasteiger partial charge is 0.455 e. The zero-order valence-electron chi connectivity index (χ0n) is 20.5. The molecule has 2 aliphatic rings. The average Bonchev–Trinajstić information content (AvgIpc) is 3.56. The highest BCUT2D eigenvalue weighted by molar-refractivity contribution is 9.10. The second kappa shape index (κ2) is 9.53. The fourth-order valence-electron chi connectivity index (χ4n) is 4.75. The van der Waals surface area contributed by atoms with Crippen molar-refractivity contribution >= 4 is 54.5 Å². The highest BCUT2D eigenvalue weighted by Gasteiger charge is 2.48. The molecule has 2 fully saturated rings. The monoisotopic (exact) mass is 609 g/mol. The molecule has 3 aromatic rings. The van der Waals surface area contributed by atoms with Gasteiger partial charge in [0.1, 0.15) is 11.6 Å². The van der Waals surface area contributed by atoms with Crippen molar-refractivity contribution < 1.29 is 26.4 Å². The lowest BCUT2D eigenvalue weighted by molar-refractivity contribution is -0.122. The number of rotatable bonds is 8. The number of carbonyl (C=O) groups excluding carboxylic acids is 1. The number of nitrogens with one attached hydrogen (secondary N) is 2. The first-order chi connectivity index (χ1) is 17.9. The van der Waals surface area contributed by atoms with E-state index in [-0.39, 0.29) is 23.1 Å². The number of halogens is 3. The number of hydrogen-bond acceptors (Lipinski definition) is 5. The SMILES string of the molecule is CN=C1NC(C2CC2)C(C(N)=O)N1Cc1ccc2oc(-c3ccccc3NS(=O)(=O)C(C)(F)F)c(Br)c2c1. The number of primary amides is 1. The van der Waals surface area contributed by atoms with Crippen molar-refractivity contribution in [2.75, 3.05) is 11.8 Å². The number of aliphatic imine (C=N–C) groups is 1. The van der Waals surface area contributed by atoms with Gasteiger partial charge in [0.05, 0.1) is 16.2 Å². The summed E-state index contributed by atoms with van der Waals surface area (Å²) in [6.07, 6.45) is 2.08. The van der Waals surface area contributed by atoms with Crippen molar-refractivity contribution in [1.29, 1.82) is 0 Å². The third-order valence-corrected chi connectivity index (χ3v) is 9.03. The number of fused-ring (bicyclic) bond motifs is 1. The molecule has 0 spiro atoms. The molecule has 1 aliphatic heterocycles. The van der Waals surface area contributed by atoms with Crippen LogP contribution in [0.25, 0.3) is 22.3 Å². The molecule has 38 heavy (non-hydrogen) atoms. The molecule has 13 heteroatoms. The van der Waals surface area contributed by atoms with E-state index in [4.69, 9.17) is 10.2 Å². The van der Waals surface area contributed by atoms with E-state index in [1.807, 2.05) is 21.8 Å². The van der Waals surface area contributed by atoms with E-state index in [1.54, 1.807) is 25.2 Å². The maximum Gasteiger partial charge on any atom is 0.361 e. The maximum absolute atomic E-state index is 13.7. The van der Waals surface area contributed by atoms with Crippen LogP contribution in [0.5, 0.6) is 0 Å². The zero-order valence-corrected chi connectivity index (χ0v) is 22.9. The van der Waals surface area contributed by atoms with Crippen LogP contribution in [0.15, 0.2) is 56.3 Å². The number of guanidine groups is 1. The number of para-hydroxylation sites is 1. The van der Waals surface area contributed by atoms with Gasteiger partial charge < -0.3 is 20.4 Å². The van der Waals surface area contributed by atoms with Crippen molar-refractivity contribution in [2.24, 2.45) is 16.6 Å². The maximum atomic E-state index is 13.7. The smallest absolute Gasteiger partial charge is 0.361 e. The first-order valence-electron chi connectivity index (χ1n) is 11.9. The molecule has 2 heterocycles. The molecule has 202 valence electrons. The molecule has 1 saturated heterocycles. The average molecular weight is 610 g/mol. The molecule has 4 N–H and O–H groups in total. The van der Waals surface area contributed by atoms with Crippen LogP contribution in [0.4, 0.5) is 14.5 Å². The Morgan fingerprint density at radius 3 is 2.63 bits per heavy atom. The Balaban J connectivity index is 1.49. The molecule has 1 amide bonds. The van der Waals surface area contributed by atoms with Gasteiger partial charge >= 0.3 is 5.25 Å². The standard InChI is InChI=1S/C25H26BrF2N5O4S/c1-25(27,28)38(35,36)32-17-6-4-3-5-15(17)22-19(26)16-11-13(7-10-18(16)37-22)12-33-21(23(29)34)20(14-8-9-14)31-24(33)30-2/h3-7,10-11,14,20-21,32H,8-9,12H2,1-2H3,(H2,29,34)(H,30,31). The summed E-state index contributed by atoms with van der Waals surface area (Å²) in [5.74, 6) is 0.842. The number of hydrogen-bond donors (Lipinski definition) is 3. The molecule has 0 radical (unpaired) electrons. The summed E-state index contributed by atoms with van der Waals surface area (Å²) in [6.45, 7) is 0.679. The quantitative estimate of drug-likeness (QED) is 0.350. The number of benzene rings is 2.